The predicted octanol–water partition coefficient (Wildman–Crippen LogP) is 1.65. The van der Waals surface area contributed by atoms with Crippen molar-refractivity contribution in [2.75, 3.05) is 6.61 Å². The van der Waals surface area contributed by atoms with Crippen LogP contribution < -0.4 is 0 Å². The van der Waals surface area contributed by atoms with Crippen LogP contribution in [0.2, 0.25) is 0 Å². The lowest BCUT2D eigenvalue weighted by atomic mass is 9.74. The second kappa shape index (κ2) is 1.96. The van der Waals surface area contributed by atoms with Gasteiger partial charge in [0, 0.05) is 0 Å². The molecule has 2 aliphatic rings. The molecule has 1 atom stereocenters. The van der Waals surface area contributed by atoms with Gasteiger partial charge in [-0.05, 0) is 30.3 Å². The standard InChI is InChI=1S/C9H12O/c10-7-8-2-5-9(6-8)3-1-4-9/h1-3,10H,4-7H2. The van der Waals surface area contributed by atoms with Gasteiger partial charge in [-0.15, -0.1) is 0 Å². The molecule has 0 bridgehead atoms. The highest BCUT2D eigenvalue weighted by Gasteiger charge is 2.34. The Kier molecular flexibility index (Phi) is 1.21. The Hall–Kier alpha value is -0.560. The van der Waals surface area contributed by atoms with Gasteiger partial charge in [0.2, 0.25) is 0 Å². The summed E-state index contributed by atoms with van der Waals surface area (Å²) in [5.41, 5.74) is 1.68. The maximum Gasteiger partial charge on any atom is 0.0642 e. The van der Waals surface area contributed by atoms with Crippen molar-refractivity contribution in [3.8, 4) is 0 Å². The molecule has 0 saturated carbocycles. The smallest absolute Gasteiger partial charge is 0.0642 e. The first-order chi connectivity index (χ1) is 4.85. The van der Waals surface area contributed by atoms with Crippen LogP contribution in [0.25, 0.3) is 0 Å². The van der Waals surface area contributed by atoms with Crippen LogP contribution >= 0.6 is 0 Å². The quantitative estimate of drug-likeness (QED) is 0.543. The maximum absolute atomic E-state index is 8.83. The number of allylic oxidation sites excluding steroid dienone is 3. The average molecular weight is 136 g/mol. The van der Waals surface area contributed by atoms with Crippen molar-refractivity contribution in [1.29, 1.82) is 0 Å². The van der Waals surface area contributed by atoms with E-state index >= 15 is 0 Å². The molecule has 54 valence electrons. The van der Waals surface area contributed by atoms with Gasteiger partial charge in [0.25, 0.3) is 0 Å². The van der Waals surface area contributed by atoms with E-state index in [1.54, 1.807) is 0 Å². The van der Waals surface area contributed by atoms with Crippen LogP contribution in [-0.2, 0) is 0 Å². The van der Waals surface area contributed by atoms with Crippen molar-refractivity contribution in [2.45, 2.75) is 19.3 Å². The molecule has 1 unspecified atom stereocenters. The molecule has 2 rings (SSSR count). The van der Waals surface area contributed by atoms with Gasteiger partial charge >= 0.3 is 0 Å². The van der Waals surface area contributed by atoms with Crippen molar-refractivity contribution < 1.29 is 5.11 Å². The minimum atomic E-state index is 0.260. The lowest BCUT2D eigenvalue weighted by Gasteiger charge is -2.31. The Morgan fingerprint density at radius 2 is 2.30 bits per heavy atom. The van der Waals surface area contributed by atoms with E-state index in [-0.39, 0.29) is 6.61 Å². The van der Waals surface area contributed by atoms with E-state index in [2.05, 4.69) is 18.2 Å². The second-order valence-electron chi connectivity index (χ2n) is 3.37. The first-order valence-electron chi connectivity index (χ1n) is 3.81. The molecule has 0 heterocycles. The summed E-state index contributed by atoms with van der Waals surface area (Å²) in [6.07, 6.45) is 10.1. The Balaban J connectivity index is 2.06. The van der Waals surface area contributed by atoms with Gasteiger partial charge in [-0.3, -0.25) is 0 Å². The summed E-state index contributed by atoms with van der Waals surface area (Å²) in [4.78, 5) is 0. The molecule has 0 saturated heterocycles. The fraction of sp³-hybridized carbons (Fsp3) is 0.556. The fourth-order valence-electron chi connectivity index (χ4n) is 1.80. The molecule has 0 aromatic carbocycles. The van der Waals surface area contributed by atoms with Crippen LogP contribution in [0.4, 0.5) is 0 Å². The average Bonchev–Trinajstić information content (AvgIpc) is 2.29. The van der Waals surface area contributed by atoms with Gasteiger partial charge < -0.3 is 5.11 Å². The minimum Gasteiger partial charge on any atom is -0.392 e. The summed E-state index contributed by atoms with van der Waals surface area (Å²) < 4.78 is 0. The summed E-state index contributed by atoms with van der Waals surface area (Å²) in [6, 6.07) is 0. The van der Waals surface area contributed by atoms with Crippen molar-refractivity contribution in [3.63, 3.8) is 0 Å². The van der Waals surface area contributed by atoms with E-state index < -0.39 is 0 Å². The fourth-order valence-corrected chi connectivity index (χ4v) is 1.80. The van der Waals surface area contributed by atoms with E-state index in [4.69, 9.17) is 5.11 Å². The van der Waals surface area contributed by atoms with Crippen LogP contribution in [0.5, 0.6) is 0 Å². The molecule has 0 aromatic heterocycles. The largest absolute Gasteiger partial charge is 0.392 e. The molecule has 1 nitrogen and oxygen atoms in total. The number of rotatable bonds is 1. The SMILES string of the molecule is OCC1=CCC2(C=CC2)C1. The van der Waals surface area contributed by atoms with Crippen LogP contribution in [-0.4, -0.2) is 11.7 Å². The van der Waals surface area contributed by atoms with Crippen LogP contribution in [0.3, 0.4) is 0 Å². The Morgan fingerprint density at radius 1 is 1.50 bits per heavy atom. The highest BCUT2D eigenvalue weighted by atomic mass is 16.3. The van der Waals surface area contributed by atoms with Gasteiger partial charge in [0.05, 0.1) is 6.61 Å². The van der Waals surface area contributed by atoms with E-state index in [1.807, 2.05) is 0 Å². The lowest BCUT2D eigenvalue weighted by molar-refractivity contribution is 0.309. The number of aliphatic hydroxyl groups is 1. The van der Waals surface area contributed by atoms with E-state index in [0.717, 1.165) is 12.8 Å². The number of hydrogen-bond donors (Lipinski definition) is 1. The minimum absolute atomic E-state index is 0.260. The van der Waals surface area contributed by atoms with Crippen molar-refractivity contribution in [1.82, 2.24) is 0 Å². The van der Waals surface area contributed by atoms with Crippen molar-refractivity contribution in [2.24, 2.45) is 5.41 Å². The molecular formula is C9H12O. The van der Waals surface area contributed by atoms with E-state index in [1.165, 1.54) is 12.0 Å². The molecule has 0 fully saturated rings. The molecule has 0 amide bonds. The van der Waals surface area contributed by atoms with Gasteiger partial charge in [-0.1, -0.05) is 18.2 Å². The van der Waals surface area contributed by atoms with Crippen LogP contribution in [0, 0.1) is 5.41 Å². The number of aliphatic hydroxyl groups excluding tert-OH is 1. The third-order valence-corrected chi connectivity index (χ3v) is 2.58. The zero-order valence-corrected chi connectivity index (χ0v) is 6.01. The molecule has 0 aliphatic heterocycles. The molecule has 0 radical (unpaired) electrons. The monoisotopic (exact) mass is 136 g/mol. The third-order valence-electron chi connectivity index (χ3n) is 2.58. The van der Waals surface area contributed by atoms with Crippen LogP contribution in [0.15, 0.2) is 23.8 Å². The van der Waals surface area contributed by atoms with Crippen LogP contribution in [0.1, 0.15) is 19.3 Å². The van der Waals surface area contributed by atoms with Gasteiger partial charge in [0.1, 0.15) is 0 Å². The Bertz CT molecular complexity index is 203. The third kappa shape index (κ3) is 0.739. The summed E-state index contributed by atoms with van der Waals surface area (Å²) >= 11 is 0. The summed E-state index contributed by atoms with van der Waals surface area (Å²) in [5.74, 6) is 0. The molecule has 1 heteroatoms. The molecule has 0 aromatic rings. The van der Waals surface area contributed by atoms with E-state index in [9.17, 15) is 0 Å². The highest BCUT2D eigenvalue weighted by molar-refractivity contribution is 5.26. The molecule has 1 spiro atoms. The van der Waals surface area contributed by atoms with Gasteiger partial charge in [0.15, 0.2) is 0 Å². The van der Waals surface area contributed by atoms with Gasteiger partial charge in [-0.2, -0.15) is 0 Å². The Labute approximate surface area is 61.1 Å². The summed E-state index contributed by atoms with van der Waals surface area (Å²) in [6.45, 7) is 0.260. The topological polar surface area (TPSA) is 20.2 Å². The molecular weight excluding hydrogens is 124 g/mol. The lowest BCUT2D eigenvalue weighted by Crippen LogP contribution is -2.19. The van der Waals surface area contributed by atoms with Gasteiger partial charge in [-0.25, -0.2) is 0 Å². The first-order valence-corrected chi connectivity index (χ1v) is 3.81. The Morgan fingerprint density at radius 3 is 2.60 bits per heavy atom. The predicted molar refractivity (Wildman–Crippen MR) is 40.6 cm³/mol. The molecule has 10 heavy (non-hydrogen) atoms. The summed E-state index contributed by atoms with van der Waals surface area (Å²) in [5, 5.41) is 8.83. The highest BCUT2D eigenvalue weighted by Crippen LogP contribution is 2.46. The zero-order valence-electron chi connectivity index (χ0n) is 6.01. The molecule has 1 N–H and O–H groups in total. The van der Waals surface area contributed by atoms with Crippen molar-refractivity contribution >= 4 is 0 Å². The normalized spacial score (nSPS) is 36.3. The first kappa shape index (κ1) is 6.17. The zero-order chi connectivity index (χ0) is 7.03. The second-order valence-corrected chi connectivity index (χ2v) is 3.37. The van der Waals surface area contributed by atoms with E-state index in [0.29, 0.717) is 5.41 Å². The number of hydrogen-bond acceptors (Lipinski definition) is 1. The summed E-state index contributed by atoms with van der Waals surface area (Å²) in [7, 11) is 0. The molecule has 2 aliphatic carbocycles. The maximum atomic E-state index is 8.83. The van der Waals surface area contributed by atoms with Crippen molar-refractivity contribution in [3.05, 3.63) is 23.8 Å².